The Morgan fingerprint density at radius 3 is 3.33 bits per heavy atom. The summed E-state index contributed by atoms with van der Waals surface area (Å²) in [5.74, 6) is 0.752. The van der Waals surface area contributed by atoms with Gasteiger partial charge >= 0.3 is 0 Å². The highest BCUT2D eigenvalue weighted by molar-refractivity contribution is 5.69. The van der Waals surface area contributed by atoms with Gasteiger partial charge in [-0.25, -0.2) is 4.98 Å². The number of nitrogens with zero attached hydrogens (tertiary/aromatic N) is 3. The van der Waals surface area contributed by atoms with Gasteiger partial charge in [0.25, 0.3) is 0 Å². The Kier molecular flexibility index (Phi) is 1.52. The molecule has 0 radical (unpaired) electrons. The van der Waals surface area contributed by atoms with Crippen molar-refractivity contribution in [2.24, 2.45) is 0 Å². The third-order valence-electron chi connectivity index (χ3n) is 1.78. The van der Waals surface area contributed by atoms with Gasteiger partial charge in [-0.3, -0.25) is 4.90 Å². The van der Waals surface area contributed by atoms with Gasteiger partial charge in [0.2, 0.25) is 0 Å². The summed E-state index contributed by atoms with van der Waals surface area (Å²) >= 11 is 0. The first-order valence-corrected chi connectivity index (χ1v) is 3.70. The lowest BCUT2D eigenvalue weighted by Crippen LogP contribution is -2.20. The molecule has 12 heavy (non-hydrogen) atoms. The molecule has 3 heteroatoms. The lowest BCUT2D eigenvalue weighted by molar-refractivity contribution is 1.03. The molecule has 0 atom stereocenters. The number of hydrogen-bond donors (Lipinski definition) is 0. The zero-order valence-corrected chi connectivity index (χ0v) is 6.44. The molecule has 1 aliphatic heterocycles. The number of anilines is 1. The number of aromatic nitrogens is 1. The lowest BCUT2D eigenvalue weighted by Gasteiger charge is -2.17. The summed E-state index contributed by atoms with van der Waals surface area (Å²) in [5.41, 5.74) is 1.00. The Labute approximate surface area is 70.6 Å². The molecule has 0 amide bonds. The van der Waals surface area contributed by atoms with Crippen LogP contribution in [0.1, 0.15) is 5.56 Å². The summed E-state index contributed by atoms with van der Waals surface area (Å²) in [6.07, 6.45) is 7.71. The van der Waals surface area contributed by atoms with Crippen LogP contribution in [0.2, 0.25) is 0 Å². The van der Waals surface area contributed by atoms with Crippen LogP contribution in [0, 0.1) is 11.5 Å². The van der Waals surface area contributed by atoms with Crippen molar-refractivity contribution in [2.45, 2.75) is 0 Å². The fourth-order valence-corrected chi connectivity index (χ4v) is 1.22. The Morgan fingerprint density at radius 2 is 2.50 bits per heavy atom. The summed E-state index contributed by atoms with van der Waals surface area (Å²) in [7, 11) is 0. The minimum absolute atomic E-state index is 0.626. The fourth-order valence-electron chi connectivity index (χ4n) is 1.22. The van der Waals surface area contributed by atoms with Crippen LogP contribution in [-0.2, 0) is 0 Å². The largest absolute Gasteiger partial charge is 0.259 e. The van der Waals surface area contributed by atoms with Crippen LogP contribution in [0.25, 0.3) is 6.08 Å². The molecule has 0 fully saturated rings. The molecular weight excluding hydrogens is 150 g/mol. The molecular formula is C9H7N3. The monoisotopic (exact) mass is 157 g/mol. The summed E-state index contributed by atoms with van der Waals surface area (Å²) in [5, 5.41) is 8.74. The highest BCUT2D eigenvalue weighted by Crippen LogP contribution is 2.21. The molecule has 3 nitrogen and oxygen atoms in total. The lowest BCUT2D eigenvalue weighted by atomic mass is 10.2. The Balaban J connectivity index is 2.54. The van der Waals surface area contributed by atoms with Crippen LogP contribution in [0.4, 0.5) is 5.82 Å². The first-order chi connectivity index (χ1) is 5.92. The molecule has 0 saturated carbocycles. The first kappa shape index (κ1) is 6.86. The molecule has 0 unspecified atom stereocenters. The van der Waals surface area contributed by atoms with E-state index in [0.29, 0.717) is 6.54 Å². The van der Waals surface area contributed by atoms with Crippen molar-refractivity contribution in [3.63, 3.8) is 0 Å². The van der Waals surface area contributed by atoms with Gasteiger partial charge in [0, 0.05) is 11.8 Å². The molecule has 0 aromatic carbocycles. The third-order valence-corrected chi connectivity index (χ3v) is 1.78. The second-order valence-electron chi connectivity index (χ2n) is 2.53. The van der Waals surface area contributed by atoms with E-state index < -0.39 is 0 Å². The Bertz CT molecular complexity index is 362. The molecule has 1 aromatic heterocycles. The molecule has 1 aromatic rings. The minimum atomic E-state index is 0.626. The van der Waals surface area contributed by atoms with Crippen molar-refractivity contribution in [2.75, 3.05) is 11.4 Å². The Hall–Kier alpha value is -1.82. The van der Waals surface area contributed by atoms with E-state index >= 15 is 0 Å². The summed E-state index contributed by atoms with van der Waals surface area (Å²) in [6.45, 7) is 0.626. The van der Waals surface area contributed by atoms with Gasteiger partial charge in [-0.15, -0.1) is 0 Å². The molecule has 58 valence electrons. The fraction of sp³-hybridized carbons (Fsp3) is 0.111. The molecule has 0 spiro atoms. The van der Waals surface area contributed by atoms with Crippen LogP contribution in [0.5, 0.6) is 0 Å². The van der Waals surface area contributed by atoms with Gasteiger partial charge < -0.3 is 0 Å². The molecule has 0 bridgehead atoms. The minimum Gasteiger partial charge on any atom is -0.259 e. The van der Waals surface area contributed by atoms with E-state index in [4.69, 9.17) is 5.26 Å². The number of fused-ring (bicyclic) bond motifs is 1. The van der Waals surface area contributed by atoms with E-state index in [9.17, 15) is 0 Å². The van der Waals surface area contributed by atoms with Crippen molar-refractivity contribution in [1.82, 2.24) is 4.98 Å². The molecule has 0 aliphatic carbocycles. The van der Waals surface area contributed by atoms with E-state index in [-0.39, 0.29) is 0 Å². The van der Waals surface area contributed by atoms with Gasteiger partial charge in [0.05, 0.1) is 6.54 Å². The second-order valence-corrected chi connectivity index (χ2v) is 2.53. The van der Waals surface area contributed by atoms with Gasteiger partial charge in [0.1, 0.15) is 5.82 Å². The number of pyridine rings is 1. The predicted molar refractivity (Wildman–Crippen MR) is 46.2 cm³/mol. The van der Waals surface area contributed by atoms with E-state index in [2.05, 4.69) is 11.2 Å². The van der Waals surface area contributed by atoms with Gasteiger partial charge in [0.15, 0.2) is 6.19 Å². The second kappa shape index (κ2) is 2.67. The number of rotatable bonds is 0. The molecule has 0 N–H and O–H groups in total. The quantitative estimate of drug-likeness (QED) is 0.534. The first-order valence-electron chi connectivity index (χ1n) is 3.70. The van der Waals surface area contributed by atoms with Crippen molar-refractivity contribution in [3.05, 3.63) is 30.0 Å². The standard InChI is InChI=1S/C9H7N3/c10-7-12-6-2-4-8-3-1-5-11-9(8)12/h1-5H,6H2. The molecule has 0 saturated heterocycles. The summed E-state index contributed by atoms with van der Waals surface area (Å²) in [6, 6.07) is 3.81. The van der Waals surface area contributed by atoms with Crippen molar-refractivity contribution < 1.29 is 0 Å². The summed E-state index contributed by atoms with van der Waals surface area (Å²) in [4.78, 5) is 5.69. The number of nitriles is 1. The topological polar surface area (TPSA) is 39.9 Å². The maximum absolute atomic E-state index is 8.74. The summed E-state index contributed by atoms with van der Waals surface area (Å²) < 4.78 is 0. The zero-order chi connectivity index (χ0) is 8.39. The van der Waals surface area contributed by atoms with Crippen LogP contribution in [0.3, 0.4) is 0 Å². The SMILES string of the molecule is N#CN1CC=Cc2cccnc21. The molecule has 2 heterocycles. The van der Waals surface area contributed by atoms with Crippen molar-refractivity contribution >= 4 is 11.9 Å². The van der Waals surface area contributed by atoms with Gasteiger partial charge in [-0.1, -0.05) is 12.2 Å². The maximum Gasteiger partial charge on any atom is 0.185 e. The van der Waals surface area contributed by atoms with Crippen LogP contribution >= 0.6 is 0 Å². The smallest absolute Gasteiger partial charge is 0.185 e. The van der Waals surface area contributed by atoms with Crippen molar-refractivity contribution in [3.8, 4) is 6.19 Å². The van der Waals surface area contributed by atoms with Crippen LogP contribution in [-0.4, -0.2) is 11.5 Å². The predicted octanol–water partition coefficient (Wildman–Crippen LogP) is 1.40. The number of hydrogen-bond acceptors (Lipinski definition) is 3. The van der Waals surface area contributed by atoms with E-state index in [0.717, 1.165) is 11.4 Å². The van der Waals surface area contributed by atoms with Crippen LogP contribution < -0.4 is 4.90 Å². The normalized spacial score (nSPS) is 13.8. The Morgan fingerprint density at radius 1 is 1.58 bits per heavy atom. The van der Waals surface area contributed by atoms with Gasteiger partial charge in [-0.2, -0.15) is 5.26 Å². The maximum atomic E-state index is 8.74. The van der Waals surface area contributed by atoms with Crippen molar-refractivity contribution in [1.29, 1.82) is 5.26 Å². The van der Waals surface area contributed by atoms with Crippen LogP contribution in [0.15, 0.2) is 24.4 Å². The molecule has 2 rings (SSSR count). The average Bonchev–Trinajstić information content (AvgIpc) is 2.17. The van der Waals surface area contributed by atoms with Gasteiger partial charge in [-0.05, 0) is 12.1 Å². The highest BCUT2D eigenvalue weighted by atomic mass is 15.2. The van der Waals surface area contributed by atoms with E-state index in [1.807, 2.05) is 24.3 Å². The zero-order valence-electron chi connectivity index (χ0n) is 6.44. The average molecular weight is 157 g/mol. The third kappa shape index (κ3) is 0.940. The van der Waals surface area contributed by atoms with E-state index in [1.54, 1.807) is 11.1 Å². The molecule has 1 aliphatic rings. The van der Waals surface area contributed by atoms with E-state index in [1.165, 1.54) is 0 Å². The highest BCUT2D eigenvalue weighted by Gasteiger charge is 2.11.